The smallest absolute Gasteiger partial charge is 0.332 e. The second-order valence-corrected chi connectivity index (χ2v) is 3.26. The number of hydrogen-bond acceptors (Lipinski definition) is 3. The van der Waals surface area contributed by atoms with Crippen LogP contribution in [0.1, 0.15) is 5.56 Å². The molecule has 0 saturated heterocycles. The Morgan fingerprint density at radius 2 is 2.00 bits per heavy atom. The molecule has 0 aliphatic carbocycles. The molecule has 4 nitrogen and oxygen atoms in total. The van der Waals surface area contributed by atoms with E-state index in [4.69, 9.17) is 11.6 Å². The molecule has 0 aliphatic heterocycles. The van der Waals surface area contributed by atoms with Gasteiger partial charge in [-0.25, -0.2) is 0 Å². The second kappa shape index (κ2) is 3.31. The lowest BCUT2D eigenvalue weighted by atomic mass is 10.2. The van der Waals surface area contributed by atoms with Gasteiger partial charge >= 0.3 is 5.15 Å². The van der Waals surface area contributed by atoms with Gasteiger partial charge in [0.15, 0.2) is 5.95 Å². The van der Waals surface area contributed by atoms with Crippen LogP contribution in [0.5, 0.6) is 5.95 Å². The molecule has 2 rings (SSSR count). The van der Waals surface area contributed by atoms with Crippen molar-refractivity contribution in [1.29, 1.82) is 0 Å². The van der Waals surface area contributed by atoms with E-state index in [-0.39, 0.29) is 5.15 Å². The normalized spacial score (nSPS) is 10.4. The van der Waals surface area contributed by atoms with Crippen molar-refractivity contribution in [3.63, 3.8) is 0 Å². The first-order valence-electron chi connectivity index (χ1n) is 4.00. The number of rotatable bonds is 1. The summed E-state index contributed by atoms with van der Waals surface area (Å²) in [6.07, 6.45) is 0. The van der Waals surface area contributed by atoms with Crippen LogP contribution in [-0.2, 0) is 0 Å². The lowest BCUT2D eigenvalue weighted by Gasteiger charge is -1.91. The zero-order valence-corrected chi connectivity index (χ0v) is 8.15. The van der Waals surface area contributed by atoms with Crippen molar-refractivity contribution < 1.29 is 14.3 Å². The Labute approximate surface area is 85.3 Å². The van der Waals surface area contributed by atoms with E-state index >= 15 is 0 Å². The molecule has 0 bridgehead atoms. The van der Waals surface area contributed by atoms with Crippen molar-refractivity contribution >= 4 is 11.6 Å². The van der Waals surface area contributed by atoms with Crippen LogP contribution < -0.4 is 9.79 Å². The van der Waals surface area contributed by atoms with Gasteiger partial charge in [-0.05, 0) is 23.2 Å². The predicted octanol–water partition coefficient (Wildman–Crippen LogP) is 0.987. The summed E-state index contributed by atoms with van der Waals surface area (Å²) >= 11 is 5.68. The zero-order valence-electron chi connectivity index (χ0n) is 7.40. The second-order valence-electron chi connectivity index (χ2n) is 2.90. The Morgan fingerprint density at radius 3 is 2.50 bits per heavy atom. The number of nitrogens with zero attached hydrogens (tertiary/aromatic N) is 2. The third-order valence-electron chi connectivity index (χ3n) is 1.84. The first-order valence-corrected chi connectivity index (χ1v) is 4.38. The minimum absolute atomic E-state index is 0.0474. The lowest BCUT2D eigenvalue weighted by Crippen LogP contribution is -2.33. The van der Waals surface area contributed by atoms with Crippen LogP contribution in [0, 0.1) is 6.92 Å². The van der Waals surface area contributed by atoms with Crippen molar-refractivity contribution in [3.8, 4) is 11.6 Å². The van der Waals surface area contributed by atoms with Gasteiger partial charge in [0.25, 0.3) is 0 Å². The fraction of sp³-hybridized carbons (Fsp3) is 0.111. The molecule has 2 aromatic rings. The summed E-state index contributed by atoms with van der Waals surface area (Å²) in [5.74, 6) is -0.632. The van der Waals surface area contributed by atoms with E-state index in [0.29, 0.717) is 5.69 Å². The number of aromatic nitrogens is 2. The largest absolute Gasteiger partial charge is 0.538 e. The average molecular weight is 211 g/mol. The fourth-order valence-electron chi connectivity index (χ4n) is 1.08. The number of aryl methyl sites for hydroxylation is 1. The predicted molar refractivity (Wildman–Crippen MR) is 47.2 cm³/mol. The number of hydrogen-bond donors (Lipinski definition) is 0. The summed E-state index contributed by atoms with van der Waals surface area (Å²) in [5, 5.41) is 14.4. The standard InChI is InChI=1S/C9H7ClN2O2/c1-6-2-4-7(5-3-6)12-8(10)9(13)14-11-12/h2-5H,1H3. The molecule has 0 unspecified atom stereocenters. The molecule has 0 fully saturated rings. The molecule has 0 radical (unpaired) electrons. The zero-order chi connectivity index (χ0) is 10.1. The Morgan fingerprint density at radius 1 is 1.36 bits per heavy atom. The third-order valence-corrected chi connectivity index (χ3v) is 2.15. The Hall–Kier alpha value is -1.55. The highest BCUT2D eigenvalue weighted by molar-refractivity contribution is 6.29. The van der Waals surface area contributed by atoms with Crippen LogP contribution in [-0.4, -0.2) is 5.27 Å². The summed E-state index contributed by atoms with van der Waals surface area (Å²) < 4.78 is 5.66. The van der Waals surface area contributed by atoms with Crippen molar-refractivity contribution in [1.82, 2.24) is 5.27 Å². The first kappa shape index (κ1) is 9.02. The van der Waals surface area contributed by atoms with Gasteiger partial charge in [0.1, 0.15) is 0 Å². The highest BCUT2D eigenvalue weighted by Gasteiger charge is 2.17. The van der Waals surface area contributed by atoms with Crippen LogP contribution in [0.3, 0.4) is 0 Å². The van der Waals surface area contributed by atoms with E-state index in [1.165, 1.54) is 4.68 Å². The Kier molecular flexibility index (Phi) is 2.13. The average Bonchev–Trinajstić information content (AvgIpc) is 2.50. The molecule has 0 saturated carbocycles. The van der Waals surface area contributed by atoms with E-state index in [1.807, 2.05) is 31.2 Å². The van der Waals surface area contributed by atoms with Gasteiger partial charge < -0.3 is 9.63 Å². The van der Waals surface area contributed by atoms with Crippen LogP contribution in [0.15, 0.2) is 28.8 Å². The Balaban J connectivity index is 2.49. The summed E-state index contributed by atoms with van der Waals surface area (Å²) in [7, 11) is 0. The number of benzene rings is 1. The molecular formula is C9H7ClN2O2. The van der Waals surface area contributed by atoms with Gasteiger partial charge in [-0.2, -0.15) is 0 Å². The molecular weight excluding hydrogens is 204 g/mol. The van der Waals surface area contributed by atoms with Crippen molar-refractivity contribution in [2.75, 3.05) is 0 Å². The van der Waals surface area contributed by atoms with E-state index in [9.17, 15) is 5.11 Å². The minimum atomic E-state index is -0.632. The maximum absolute atomic E-state index is 10.9. The Bertz CT molecular complexity index is 450. The molecule has 0 atom stereocenters. The van der Waals surface area contributed by atoms with E-state index in [1.54, 1.807) is 0 Å². The monoisotopic (exact) mass is 210 g/mol. The highest BCUT2D eigenvalue weighted by atomic mass is 35.5. The minimum Gasteiger partial charge on any atom is -0.538 e. The molecule has 14 heavy (non-hydrogen) atoms. The third kappa shape index (κ3) is 1.44. The molecule has 72 valence electrons. The fourth-order valence-corrected chi connectivity index (χ4v) is 1.25. The summed E-state index contributed by atoms with van der Waals surface area (Å²) in [6, 6.07) is 7.42. The number of halogens is 1. The first-order chi connectivity index (χ1) is 6.68. The summed E-state index contributed by atoms with van der Waals surface area (Å²) in [4.78, 5) is 0. The van der Waals surface area contributed by atoms with E-state index in [0.717, 1.165) is 5.56 Å². The van der Waals surface area contributed by atoms with Gasteiger partial charge in [0.2, 0.25) is 5.69 Å². The summed E-state index contributed by atoms with van der Waals surface area (Å²) in [5.41, 5.74) is 1.82. The van der Waals surface area contributed by atoms with Gasteiger partial charge in [0.05, 0.1) is 5.27 Å². The van der Waals surface area contributed by atoms with Gasteiger partial charge in [-0.3, -0.25) is 0 Å². The van der Waals surface area contributed by atoms with Crippen LogP contribution >= 0.6 is 11.6 Å². The molecule has 1 aromatic heterocycles. The van der Waals surface area contributed by atoms with Crippen LogP contribution in [0.4, 0.5) is 0 Å². The molecule has 0 N–H and O–H groups in total. The van der Waals surface area contributed by atoms with Crippen molar-refractivity contribution in [3.05, 3.63) is 35.0 Å². The van der Waals surface area contributed by atoms with Gasteiger partial charge in [-0.1, -0.05) is 17.7 Å². The highest BCUT2D eigenvalue weighted by Crippen LogP contribution is 2.15. The lowest BCUT2D eigenvalue weighted by molar-refractivity contribution is -0.668. The van der Waals surface area contributed by atoms with Crippen LogP contribution in [0.2, 0.25) is 5.15 Å². The van der Waals surface area contributed by atoms with E-state index in [2.05, 4.69) is 9.79 Å². The maximum Gasteiger partial charge on any atom is 0.332 e. The molecule has 0 spiro atoms. The van der Waals surface area contributed by atoms with Gasteiger partial charge in [-0.15, -0.1) is 0 Å². The van der Waals surface area contributed by atoms with Crippen molar-refractivity contribution in [2.45, 2.75) is 6.92 Å². The quantitative estimate of drug-likeness (QED) is 0.660. The molecule has 0 aliphatic rings. The summed E-state index contributed by atoms with van der Waals surface area (Å²) in [6.45, 7) is 1.97. The molecule has 1 heterocycles. The molecule has 0 amide bonds. The topological polar surface area (TPSA) is 53.0 Å². The SMILES string of the molecule is Cc1ccc(-[n+]2noc([O-])c2Cl)cc1. The molecule has 1 aromatic carbocycles. The molecule has 5 heteroatoms. The maximum atomic E-state index is 10.9. The van der Waals surface area contributed by atoms with E-state index < -0.39 is 5.95 Å². The van der Waals surface area contributed by atoms with Crippen LogP contribution in [0.25, 0.3) is 5.69 Å². The van der Waals surface area contributed by atoms with Gasteiger partial charge in [0, 0.05) is 12.1 Å². The van der Waals surface area contributed by atoms with Crippen molar-refractivity contribution in [2.24, 2.45) is 0 Å².